The normalized spacial score (nSPS) is 29.3. The van der Waals surface area contributed by atoms with E-state index in [4.69, 9.17) is 0 Å². The van der Waals surface area contributed by atoms with Gasteiger partial charge in [-0.3, -0.25) is 4.90 Å². The van der Waals surface area contributed by atoms with E-state index in [0.29, 0.717) is 4.75 Å². The van der Waals surface area contributed by atoms with Gasteiger partial charge in [0.2, 0.25) is 0 Å². The van der Waals surface area contributed by atoms with E-state index in [1.165, 1.54) is 71.1 Å². The summed E-state index contributed by atoms with van der Waals surface area (Å²) in [6.45, 7) is 7.34. The molecule has 1 heterocycles. The molecule has 2 nitrogen and oxygen atoms in total. The molecule has 3 heteroatoms. The summed E-state index contributed by atoms with van der Waals surface area (Å²) in [5.74, 6) is 0. The molecule has 0 aromatic heterocycles. The summed E-state index contributed by atoms with van der Waals surface area (Å²) < 4.78 is 0.576. The number of hydrogen-bond donors (Lipinski definition) is 1. The molecule has 0 amide bonds. The minimum atomic E-state index is 0.576. The van der Waals surface area contributed by atoms with Gasteiger partial charge < -0.3 is 5.32 Å². The van der Waals surface area contributed by atoms with Gasteiger partial charge in [-0.25, -0.2) is 0 Å². The summed E-state index contributed by atoms with van der Waals surface area (Å²) in [6.07, 6.45) is 12.2. The zero-order valence-corrected chi connectivity index (χ0v) is 13.0. The molecule has 1 unspecified atom stereocenters. The Bertz CT molecular complexity index is 237. The summed E-state index contributed by atoms with van der Waals surface area (Å²) in [7, 11) is 0. The fourth-order valence-electron chi connectivity index (χ4n) is 3.61. The molecule has 1 saturated heterocycles. The lowest BCUT2D eigenvalue weighted by Crippen LogP contribution is -2.54. The smallest absolute Gasteiger partial charge is 0.0284 e. The molecule has 1 saturated carbocycles. The third kappa shape index (κ3) is 3.88. The van der Waals surface area contributed by atoms with E-state index in [1.54, 1.807) is 0 Å². The van der Waals surface area contributed by atoms with Crippen LogP contribution < -0.4 is 5.32 Å². The first-order valence-electron chi connectivity index (χ1n) is 7.79. The van der Waals surface area contributed by atoms with Gasteiger partial charge in [0.05, 0.1) is 0 Å². The molecule has 2 aliphatic rings. The minimum absolute atomic E-state index is 0.576. The van der Waals surface area contributed by atoms with Crippen molar-refractivity contribution in [2.45, 2.75) is 62.7 Å². The number of nitrogens with zero attached hydrogens (tertiary/aromatic N) is 1. The number of thioether (sulfide) groups is 1. The lowest BCUT2D eigenvalue weighted by atomic mass is 9.87. The molecule has 2 fully saturated rings. The predicted octanol–water partition coefficient (Wildman–Crippen LogP) is 3.13. The average Bonchev–Trinajstić information content (AvgIpc) is 2.41. The summed E-state index contributed by atoms with van der Waals surface area (Å²) in [5, 5.41) is 3.67. The number of piperazine rings is 1. The van der Waals surface area contributed by atoms with E-state index < -0.39 is 0 Å². The highest BCUT2D eigenvalue weighted by Gasteiger charge is 2.34. The van der Waals surface area contributed by atoms with Crippen LogP contribution in [0, 0.1) is 0 Å². The second-order valence-electron chi connectivity index (χ2n) is 6.12. The molecule has 1 N–H and O–H groups in total. The van der Waals surface area contributed by atoms with E-state index in [9.17, 15) is 0 Å². The van der Waals surface area contributed by atoms with Crippen LogP contribution in [0.3, 0.4) is 0 Å². The summed E-state index contributed by atoms with van der Waals surface area (Å²) in [5.41, 5.74) is 0. The third-order valence-electron chi connectivity index (χ3n) is 4.69. The quantitative estimate of drug-likeness (QED) is 0.826. The van der Waals surface area contributed by atoms with Crippen LogP contribution in [0.5, 0.6) is 0 Å². The van der Waals surface area contributed by atoms with Gasteiger partial charge >= 0.3 is 0 Å². The maximum atomic E-state index is 3.67. The molecule has 0 bridgehead atoms. The molecule has 1 aliphatic heterocycles. The van der Waals surface area contributed by atoms with Crippen molar-refractivity contribution in [3.8, 4) is 0 Å². The maximum absolute atomic E-state index is 3.67. The summed E-state index contributed by atoms with van der Waals surface area (Å²) in [6, 6.07) is 0.742. The highest BCUT2D eigenvalue weighted by Crippen LogP contribution is 2.39. The predicted molar refractivity (Wildman–Crippen MR) is 82.5 cm³/mol. The van der Waals surface area contributed by atoms with Crippen molar-refractivity contribution >= 4 is 11.8 Å². The highest BCUT2D eigenvalue weighted by molar-refractivity contribution is 8.00. The van der Waals surface area contributed by atoms with Gasteiger partial charge in [0, 0.05) is 37.0 Å². The number of nitrogens with one attached hydrogen (secondary N) is 1. The van der Waals surface area contributed by atoms with Crippen LogP contribution in [0.4, 0.5) is 0 Å². The van der Waals surface area contributed by atoms with Crippen LogP contribution in [0.2, 0.25) is 0 Å². The molecule has 2 rings (SSSR count). The average molecular weight is 270 g/mol. The van der Waals surface area contributed by atoms with Crippen molar-refractivity contribution in [2.75, 3.05) is 32.4 Å². The van der Waals surface area contributed by atoms with Gasteiger partial charge in [-0.2, -0.15) is 11.8 Å². The van der Waals surface area contributed by atoms with Gasteiger partial charge in [-0.1, -0.05) is 32.6 Å². The van der Waals surface area contributed by atoms with Crippen molar-refractivity contribution in [1.29, 1.82) is 0 Å². The van der Waals surface area contributed by atoms with Crippen LogP contribution in [-0.4, -0.2) is 48.1 Å². The van der Waals surface area contributed by atoms with Crippen molar-refractivity contribution in [1.82, 2.24) is 10.2 Å². The van der Waals surface area contributed by atoms with Gasteiger partial charge in [-0.05, 0) is 25.5 Å². The van der Waals surface area contributed by atoms with Gasteiger partial charge in [0.1, 0.15) is 0 Å². The Hall–Kier alpha value is 0.270. The molecule has 1 atom stereocenters. The zero-order chi connectivity index (χ0) is 12.8. The molecular weight excluding hydrogens is 240 g/mol. The summed E-state index contributed by atoms with van der Waals surface area (Å²) >= 11 is 2.14. The van der Waals surface area contributed by atoms with E-state index >= 15 is 0 Å². The molecular formula is C15H30N2S. The molecule has 0 aromatic rings. The number of rotatable bonds is 5. The standard InChI is InChI=1S/C15H30N2S/c1-3-7-14-12-17(11-10-16-14)13-15(18-2)8-5-4-6-9-15/h14,16H,3-13H2,1-2H3. The number of hydrogen-bond acceptors (Lipinski definition) is 3. The minimum Gasteiger partial charge on any atom is -0.311 e. The van der Waals surface area contributed by atoms with Crippen molar-refractivity contribution < 1.29 is 0 Å². The fraction of sp³-hybridized carbons (Fsp3) is 1.00. The molecule has 1 aliphatic carbocycles. The molecule has 106 valence electrons. The lowest BCUT2D eigenvalue weighted by molar-refractivity contribution is 0.165. The maximum Gasteiger partial charge on any atom is 0.0284 e. The second-order valence-corrected chi connectivity index (χ2v) is 7.40. The Morgan fingerprint density at radius 3 is 2.72 bits per heavy atom. The largest absolute Gasteiger partial charge is 0.311 e. The molecule has 18 heavy (non-hydrogen) atoms. The van der Waals surface area contributed by atoms with Crippen molar-refractivity contribution in [2.24, 2.45) is 0 Å². The first-order valence-corrected chi connectivity index (χ1v) is 9.01. The van der Waals surface area contributed by atoms with Gasteiger partial charge in [0.25, 0.3) is 0 Å². The Labute approximate surface area is 117 Å². The van der Waals surface area contributed by atoms with Crippen LogP contribution in [0.25, 0.3) is 0 Å². The monoisotopic (exact) mass is 270 g/mol. The van der Waals surface area contributed by atoms with Crippen molar-refractivity contribution in [3.63, 3.8) is 0 Å². The molecule has 0 radical (unpaired) electrons. The van der Waals surface area contributed by atoms with E-state index in [0.717, 1.165) is 6.04 Å². The molecule has 0 aromatic carbocycles. The van der Waals surface area contributed by atoms with Crippen molar-refractivity contribution in [3.05, 3.63) is 0 Å². The Balaban J connectivity index is 1.86. The zero-order valence-electron chi connectivity index (χ0n) is 12.2. The van der Waals surface area contributed by atoms with E-state index in [2.05, 4.69) is 35.2 Å². The van der Waals surface area contributed by atoms with Crippen LogP contribution >= 0.6 is 11.8 Å². The Morgan fingerprint density at radius 1 is 1.28 bits per heavy atom. The van der Waals surface area contributed by atoms with E-state index in [-0.39, 0.29) is 0 Å². The van der Waals surface area contributed by atoms with Crippen LogP contribution in [0.15, 0.2) is 0 Å². The van der Waals surface area contributed by atoms with Crippen LogP contribution in [-0.2, 0) is 0 Å². The Morgan fingerprint density at radius 2 is 2.06 bits per heavy atom. The second kappa shape index (κ2) is 7.16. The third-order valence-corrected chi connectivity index (χ3v) is 6.09. The van der Waals surface area contributed by atoms with E-state index in [1.807, 2.05) is 0 Å². The van der Waals surface area contributed by atoms with Gasteiger partial charge in [-0.15, -0.1) is 0 Å². The Kier molecular flexibility index (Phi) is 5.84. The first-order chi connectivity index (χ1) is 8.78. The first kappa shape index (κ1) is 14.7. The topological polar surface area (TPSA) is 15.3 Å². The molecule has 0 spiro atoms. The summed E-state index contributed by atoms with van der Waals surface area (Å²) in [4.78, 5) is 2.73. The van der Waals surface area contributed by atoms with Crippen LogP contribution in [0.1, 0.15) is 51.9 Å². The van der Waals surface area contributed by atoms with Gasteiger partial charge in [0.15, 0.2) is 0 Å². The fourth-order valence-corrected chi connectivity index (χ4v) is 4.62. The highest BCUT2D eigenvalue weighted by atomic mass is 32.2. The lowest BCUT2D eigenvalue weighted by Gasteiger charge is -2.43. The SMILES string of the molecule is CCCC1CN(CC2(SC)CCCCC2)CCN1.